The van der Waals surface area contributed by atoms with Crippen molar-refractivity contribution in [1.82, 2.24) is 0 Å². The Hall–Kier alpha value is -0.680. The summed E-state index contributed by atoms with van der Waals surface area (Å²) in [5, 5.41) is 22.6. The first-order chi connectivity index (χ1) is 7.54. The maximum atomic E-state index is 8.42. The van der Waals surface area contributed by atoms with Crippen LogP contribution in [0.15, 0.2) is 10.3 Å². The topological polar surface area (TPSA) is 65.2 Å². The minimum absolute atomic E-state index is 0.0452. The van der Waals surface area contributed by atoms with E-state index in [1.807, 2.05) is 0 Å². The van der Waals surface area contributed by atoms with Crippen LogP contribution in [-0.4, -0.2) is 22.8 Å². The SMILES string of the molecule is ON=Cc1c(Cl)c(Cl)c(C=NO)c(Cl)c1Cl. The highest BCUT2D eigenvalue weighted by Gasteiger charge is 2.18. The largest absolute Gasteiger partial charge is 0.411 e. The maximum absolute atomic E-state index is 8.42. The lowest BCUT2D eigenvalue weighted by atomic mass is 10.1. The number of oxime groups is 2. The molecule has 1 aromatic rings. The van der Waals surface area contributed by atoms with Crippen LogP contribution in [0.1, 0.15) is 11.1 Å². The first-order valence-electron chi connectivity index (χ1n) is 3.75. The third kappa shape index (κ3) is 2.35. The van der Waals surface area contributed by atoms with Crippen molar-refractivity contribution in [3.63, 3.8) is 0 Å². The van der Waals surface area contributed by atoms with Gasteiger partial charge in [-0.15, -0.1) is 0 Å². The van der Waals surface area contributed by atoms with Crippen molar-refractivity contribution in [2.45, 2.75) is 0 Å². The van der Waals surface area contributed by atoms with Crippen LogP contribution in [0.5, 0.6) is 0 Å². The molecule has 0 radical (unpaired) electrons. The van der Waals surface area contributed by atoms with E-state index in [1.165, 1.54) is 0 Å². The van der Waals surface area contributed by atoms with Gasteiger partial charge in [-0.05, 0) is 0 Å². The van der Waals surface area contributed by atoms with Crippen molar-refractivity contribution in [2.75, 3.05) is 0 Å². The highest BCUT2D eigenvalue weighted by atomic mass is 35.5. The predicted octanol–water partition coefficient (Wildman–Crippen LogP) is 3.92. The molecule has 0 fully saturated rings. The van der Waals surface area contributed by atoms with E-state index in [-0.39, 0.29) is 31.2 Å². The van der Waals surface area contributed by atoms with E-state index in [4.69, 9.17) is 56.8 Å². The van der Waals surface area contributed by atoms with Crippen LogP contribution in [-0.2, 0) is 0 Å². The van der Waals surface area contributed by atoms with E-state index in [0.29, 0.717) is 0 Å². The minimum atomic E-state index is 0.0452. The fraction of sp³-hybridized carbons (Fsp3) is 0. The van der Waals surface area contributed by atoms with Crippen molar-refractivity contribution in [2.24, 2.45) is 10.3 Å². The molecule has 0 spiro atoms. The Morgan fingerprint density at radius 3 is 1.12 bits per heavy atom. The van der Waals surface area contributed by atoms with Gasteiger partial charge in [0.15, 0.2) is 0 Å². The van der Waals surface area contributed by atoms with E-state index >= 15 is 0 Å². The molecule has 1 rings (SSSR count). The summed E-state index contributed by atoms with van der Waals surface area (Å²) in [6, 6.07) is 0. The molecule has 4 nitrogen and oxygen atoms in total. The molecule has 0 saturated heterocycles. The number of halogens is 4. The van der Waals surface area contributed by atoms with Gasteiger partial charge in [0.05, 0.1) is 32.5 Å². The molecule has 2 N–H and O–H groups in total. The number of hydrogen-bond acceptors (Lipinski definition) is 4. The Morgan fingerprint density at radius 2 is 0.938 bits per heavy atom. The van der Waals surface area contributed by atoms with Crippen molar-refractivity contribution in [3.05, 3.63) is 31.2 Å². The van der Waals surface area contributed by atoms with Crippen LogP contribution in [0.4, 0.5) is 0 Å². The molecule has 0 heterocycles. The number of rotatable bonds is 2. The van der Waals surface area contributed by atoms with E-state index in [2.05, 4.69) is 10.3 Å². The van der Waals surface area contributed by atoms with Crippen LogP contribution in [0.2, 0.25) is 20.1 Å². The van der Waals surface area contributed by atoms with Gasteiger partial charge in [-0.25, -0.2) is 0 Å². The van der Waals surface area contributed by atoms with Crippen LogP contribution in [0.25, 0.3) is 0 Å². The third-order valence-corrected chi connectivity index (χ3v) is 3.47. The van der Waals surface area contributed by atoms with Crippen molar-refractivity contribution >= 4 is 58.8 Å². The molecule has 0 aliphatic carbocycles. The van der Waals surface area contributed by atoms with E-state index in [1.54, 1.807) is 0 Å². The summed E-state index contributed by atoms with van der Waals surface area (Å²) in [6.45, 7) is 0. The Bertz CT molecular complexity index is 402. The van der Waals surface area contributed by atoms with E-state index in [9.17, 15) is 0 Å². The second-order valence-corrected chi connectivity index (χ2v) is 4.08. The minimum Gasteiger partial charge on any atom is -0.411 e. The first-order valence-corrected chi connectivity index (χ1v) is 5.26. The molecule has 0 amide bonds. The van der Waals surface area contributed by atoms with E-state index in [0.717, 1.165) is 12.4 Å². The van der Waals surface area contributed by atoms with Gasteiger partial charge in [-0.1, -0.05) is 56.7 Å². The quantitative estimate of drug-likeness (QED) is 0.376. The molecule has 0 saturated carbocycles. The molecule has 86 valence electrons. The smallest absolute Gasteiger partial charge is 0.0764 e. The van der Waals surface area contributed by atoms with Gasteiger partial charge in [-0.2, -0.15) is 0 Å². The third-order valence-electron chi connectivity index (χ3n) is 1.70. The molecule has 1 aromatic carbocycles. The Labute approximate surface area is 111 Å². The maximum Gasteiger partial charge on any atom is 0.0764 e. The summed E-state index contributed by atoms with van der Waals surface area (Å²) in [5.41, 5.74) is 0.354. The molecule has 0 aromatic heterocycles. The van der Waals surface area contributed by atoms with Crippen LogP contribution < -0.4 is 0 Å². The van der Waals surface area contributed by atoms with Gasteiger partial charge in [0.2, 0.25) is 0 Å². The first kappa shape index (κ1) is 13.4. The van der Waals surface area contributed by atoms with Crippen LogP contribution in [0.3, 0.4) is 0 Å². The van der Waals surface area contributed by atoms with Crippen LogP contribution >= 0.6 is 46.4 Å². The Morgan fingerprint density at radius 1 is 0.688 bits per heavy atom. The lowest BCUT2D eigenvalue weighted by molar-refractivity contribution is 0.321. The summed E-state index contributed by atoms with van der Waals surface area (Å²) < 4.78 is 0. The zero-order valence-corrected chi connectivity index (χ0v) is 10.5. The molecule has 0 aliphatic rings. The normalized spacial score (nSPS) is 11.8. The fourth-order valence-corrected chi connectivity index (χ4v) is 2.08. The summed E-state index contributed by atoms with van der Waals surface area (Å²) in [5.74, 6) is 0. The molecule has 0 unspecified atom stereocenters. The van der Waals surface area contributed by atoms with Gasteiger partial charge >= 0.3 is 0 Å². The average Bonchev–Trinajstić information content (AvgIpc) is 2.28. The van der Waals surface area contributed by atoms with Crippen molar-refractivity contribution in [3.8, 4) is 0 Å². The number of hydrogen-bond donors (Lipinski definition) is 2. The highest BCUT2D eigenvalue weighted by molar-refractivity contribution is 6.51. The molecule has 0 bridgehead atoms. The fourth-order valence-electron chi connectivity index (χ4n) is 1.01. The number of nitrogens with zero attached hydrogens (tertiary/aromatic N) is 2. The predicted molar refractivity (Wildman–Crippen MR) is 65.2 cm³/mol. The second kappa shape index (κ2) is 5.59. The summed E-state index contributed by atoms with van der Waals surface area (Å²) in [7, 11) is 0. The molecule has 0 atom stereocenters. The molecular weight excluding hydrogens is 298 g/mol. The van der Waals surface area contributed by atoms with Crippen molar-refractivity contribution < 1.29 is 10.4 Å². The Kier molecular flexibility index (Phi) is 4.68. The molecule has 8 heteroatoms. The van der Waals surface area contributed by atoms with Crippen molar-refractivity contribution in [1.29, 1.82) is 0 Å². The monoisotopic (exact) mass is 300 g/mol. The summed E-state index contributed by atoms with van der Waals surface area (Å²) in [6.07, 6.45) is 2.00. The lowest BCUT2D eigenvalue weighted by Crippen LogP contribution is -1.95. The lowest BCUT2D eigenvalue weighted by Gasteiger charge is -2.09. The molecular formula is C8H4Cl4N2O2. The van der Waals surface area contributed by atoms with Gasteiger partial charge in [0.1, 0.15) is 0 Å². The van der Waals surface area contributed by atoms with Gasteiger partial charge in [-0.3, -0.25) is 0 Å². The zero-order chi connectivity index (χ0) is 12.3. The van der Waals surface area contributed by atoms with Gasteiger partial charge in [0.25, 0.3) is 0 Å². The van der Waals surface area contributed by atoms with Crippen LogP contribution in [0, 0.1) is 0 Å². The van der Waals surface area contributed by atoms with E-state index < -0.39 is 0 Å². The zero-order valence-electron chi connectivity index (χ0n) is 7.46. The number of benzene rings is 1. The second-order valence-electron chi connectivity index (χ2n) is 2.57. The molecule has 16 heavy (non-hydrogen) atoms. The average molecular weight is 302 g/mol. The summed E-state index contributed by atoms with van der Waals surface area (Å²) >= 11 is 23.5. The standard InChI is InChI=1S/C8H4Cl4N2O2/c9-5-3(1-13-15)6(10)8(12)4(2-14-16)7(5)11/h1-2,15-16H. The Balaban J connectivity index is 3.62. The summed E-state index contributed by atoms with van der Waals surface area (Å²) in [4.78, 5) is 0. The molecule has 0 aliphatic heterocycles. The van der Waals surface area contributed by atoms with Gasteiger partial charge in [0, 0.05) is 11.1 Å². The van der Waals surface area contributed by atoms with Gasteiger partial charge < -0.3 is 10.4 Å². The highest BCUT2D eigenvalue weighted by Crippen LogP contribution is 2.39.